The molecule has 2 heterocycles. The van der Waals surface area contributed by atoms with E-state index in [1.807, 2.05) is 48.5 Å². The monoisotopic (exact) mass is 456 g/mol. The molecule has 5 nitrogen and oxygen atoms in total. The fourth-order valence-corrected chi connectivity index (χ4v) is 4.97. The lowest BCUT2D eigenvalue weighted by Gasteiger charge is -2.39. The molecular weight excluding hydrogens is 424 g/mol. The van der Waals surface area contributed by atoms with Crippen molar-refractivity contribution in [3.05, 3.63) is 90.0 Å². The zero-order valence-corrected chi connectivity index (χ0v) is 19.6. The molecule has 5 rings (SSSR count). The van der Waals surface area contributed by atoms with Crippen LogP contribution in [0.4, 0.5) is 0 Å². The number of hydrogen-bond donors (Lipinski definition) is 3. The van der Waals surface area contributed by atoms with Crippen LogP contribution in [0.5, 0.6) is 5.75 Å². The summed E-state index contributed by atoms with van der Waals surface area (Å²) in [6, 6.07) is 26.2. The van der Waals surface area contributed by atoms with E-state index in [4.69, 9.17) is 4.74 Å². The number of nitrogens with one attached hydrogen (secondary N) is 1. The Bertz CT molecular complexity index is 1230. The number of fused-ring (bicyclic) bond motifs is 1. The van der Waals surface area contributed by atoms with Crippen molar-refractivity contribution in [3.63, 3.8) is 0 Å². The van der Waals surface area contributed by atoms with Crippen LogP contribution in [0.2, 0.25) is 0 Å². The van der Waals surface area contributed by atoms with Crippen molar-refractivity contribution in [2.45, 2.75) is 31.5 Å². The molecule has 1 unspecified atom stereocenters. The molecule has 1 aliphatic heterocycles. The second kappa shape index (κ2) is 9.63. The number of piperidine rings is 1. The van der Waals surface area contributed by atoms with Crippen molar-refractivity contribution in [1.82, 2.24) is 9.88 Å². The van der Waals surface area contributed by atoms with E-state index >= 15 is 0 Å². The first-order valence-corrected chi connectivity index (χ1v) is 12.0. The number of likely N-dealkylation sites (tertiary alicyclic amines) is 1. The Balaban J connectivity index is 1.13. The minimum absolute atomic E-state index is 0.240. The summed E-state index contributed by atoms with van der Waals surface area (Å²) in [7, 11) is 0. The Kier molecular flexibility index (Phi) is 6.42. The molecule has 176 valence electrons. The Hall–Kier alpha value is -3.12. The van der Waals surface area contributed by atoms with Crippen LogP contribution < -0.4 is 4.74 Å². The standard InChI is InChI=1S/C29H32N2O3/c1-21-26-9-5-6-10-27(26)30-28(21)22-11-13-25(14-12-22)34-20-24(32)19-31-17-15-29(33,16-18-31)23-7-3-2-4-8-23/h2-14,24,30,32-33H,15-20H2,1H3. The summed E-state index contributed by atoms with van der Waals surface area (Å²) in [5, 5.41) is 22.8. The third kappa shape index (κ3) is 4.73. The SMILES string of the molecule is Cc1c(-c2ccc(OCC(O)CN3CCC(O)(c4ccccc4)CC3)cc2)[nH]c2ccccc12. The summed E-state index contributed by atoms with van der Waals surface area (Å²) in [6.07, 6.45) is 0.747. The molecule has 0 amide bonds. The molecule has 4 aromatic rings. The van der Waals surface area contributed by atoms with Gasteiger partial charge in [0.05, 0.1) is 5.60 Å². The third-order valence-corrected chi connectivity index (χ3v) is 7.01. The third-order valence-electron chi connectivity index (χ3n) is 7.01. The molecule has 34 heavy (non-hydrogen) atoms. The fourth-order valence-electron chi connectivity index (χ4n) is 4.97. The molecule has 1 fully saturated rings. The maximum absolute atomic E-state index is 11.0. The van der Waals surface area contributed by atoms with Crippen LogP contribution in [0.3, 0.4) is 0 Å². The van der Waals surface area contributed by atoms with E-state index in [1.165, 1.54) is 10.9 Å². The Morgan fingerprint density at radius 3 is 2.32 bits per heavy atom. The number of H-pyrrole nitrogens is 1. The number of aliphatic hydroxyl groups excluding tert-OH is 1. The van der Waals surface area contributed by atoms with Gasteiger partial charge in [-0.25, -0.2) is 0 Å². The molecule has 1 aromatic heterocycles. The van der Waals surface area contributed by atoms with Gasteiger partial charge in [0.15, 0.2) is 0 Å². The summed E-state index contributed by atoms with van der Waals surface area (Å²) in [5.41, 5.74) is 4.81. The summed E-state index contributed by atoms with van der Waals surface area (Å²) >= 11 is 0. The molecule has 3 N–H and O–H groups in total. The van der Waals surface area contributed by atoms with Crippen LogP contribution in [-0.2, 0) is 5.60 Å². The van der Waals surface area contributed by atoms with Gasteiger partial charge in [-0.3, -0.25) is 0 Å². The minimum atomic E-state index is -0.774. The van der Waals surface area contributed by atoms with Crippen molar-refractivity contribution in [1.29, 1.82) is 0 Å². The molecule has 0 spiro atoms. The quantitative estimate of drug-likeness (QED) is 0.371. The predicted molar refractivity (Wildman–Crippen MR) is 136 cm³/mol. The first-order valence-electron chi connectivity index (χ1n) is 12.0. The summed E-state index contributed by atoms with van der Waals surface area (Å²) in [6.45, 7) is 4.42. The predicted octanol–water partition coefficient (Wildman–Crippen LogP) is 4.87. The molecule has 0 radical (unpaired) electrons. The van der Waals surface area contributed by atoms with Crippen LogP contribution in [0.25, 0.3) is 22.2 Å². The largest absolute Gasteiger partial charge is 0.491 e. The number of aromatic amines is 1. The number of rotatable bonds is 7. The number of β-amino-alcohol motifs (C(OH)–C–C–N with tert-alkyl or cyclic N) is 1. The van der Waals surface area contributed by atoms with Crippen LogP contribution in [0.1, 0.15) is 24.0 Å². The van der Waals surface area contributed by atoms with Crippen molar-refractivity contribution in [3.8, 4) is 17.0 Å². The van der Waals surface area contributed by atoms with E-state index in [0.717, 1.165) is 41.2 Å². The van der Waals surface area contributed by atoms with Gasteiger partial charge in [0, 0.05) is 36.2 Å². The zero-order chi connectivity index (χ0) is 23.5. The smallest absolute Gasteiger partial charge is 0.119 e. The number of nitrogens with zero attached hydrogens (tertiary/aromatic N) is 1. The zero-order valence-electron chi connectivity index (χ0n) is 19.6. The van der Waals surface area contributed by atoms with Gasteiger partial charge in [-0.2, -0.15) is 0 Å². The van der Waals surface area contributed by atoms with Gasteiger partial charge in [0.2, 0.25) is 0 Å². The second-order valence-corrected chi connectivity index (χ2v) is 9.36. The first kappa shape index (κ1) is 22.7. The summed E-state index contributed by atoms with van der Waals surface area (Å²) in [5.74, 6) is 0.744. The Labute approximate surface area is 200 Å². The average molecular weight is 457 g/mol. The van der Waals surface area contributed by atoms with E-state index in [0.29, 0.717) is 19.4 Å². The maximum atomic E-state index is 11.0. The number of aliphatic hydroxyl groups is 2. The molecule has 3 aromatic carbocycles. The lowest BCUT2D eigenvalue weighted by molar-refractivity contribution is -0.0372. The molecular formula is C29H32N2O3. The second-order valence-electron chi connectivity index (χ2n) is 9.36. The highest BCUT2D eigenvalue weighted by atomic mass is 16.5. The van der Waals surface area contributed by atoms with E-state index in [9.17, 15) is 10.2 Å². The van der Waals surface area contributed by atoms with Gasteiger partial charge in [-0.05, 0) is 66.8 Å². The molecule has 0 saturated carbocycles. The van der Waals surface area contributed by atoms with Crippen molar-refractivity contribution in [2.24, 2.45) is 0 Å². The van der Waals surface area contributed by atoms with Crippen molar-refractivity contribution in [2.75, 3.05) is 26.2 Å². The van der Waals surface area contributed by atoms with Gasteiger partial charge in [-0.1, -0.05) is 48.5 Å². The summed E-state index contributed by atoms with van der Waals surface area (Å²) in [4.78, 5) is 5.71. The highest BCUT2D eigenvalue weighted by Gasteiger charge is 2.34. The molecule has 1 saturated heterocycles. The number of aryl methyl sites for hydroxylation is 1. The Morgan fingerprint density at radius 2 is 1.62 bits per heavy atom. The van der Waals surface area contributed by atoms with Crippen molar-refractivity contribution >= 4 is 10.9 Å². The van der Waals surface area contributed by atoms with Crippen LogP contribution in [0, 0.1) is 6.92 Å². The molecule has 1 aliphatic rings. The van der Waals surface area contributed by atoms with E-state index in [-0.39, 0.29) is 6.61 Å². The van der Waals surface area contributed by atoms with E-state index in [2.05, 4.69) is 47.1 Å². The number of aromatic nitrogens is 1. The molecule has 0 bridgehead atoms. The topological polar surface area (TPSA) is 68.7 Å². The number of para-hydroxylation sites is 1. The van der Waals surface area contributed by atoms with Gasteiger partial charge in [0.1, 0.15) is 18.5 Å². The molecule has 5 heteroatoms. The van der Waals surface area contributed by atoms with Crippen molar-refractivity contribution < 1.29 is 14.9 Å². The lowest BCUT2D eigenvalue weighted by Crippen LogP contribution is -2.46. The fraction of sp³-hybridized carbons (Fsp3) is 0.310. The van der Waals surface area contributed by atoms with Crippen LogP contribution in [0.15, 0.2) is 78.9 Å². The highest BCUT2D eigenvalue weighted by Crippen LogP contribution is 2.33. The summed E-state index contributed by atoms with van der Waals surface area (Å²) < 4.78 is 5.86. The highest BCUT2D eigenvalue weighted by molar-refractivity contribution is 5.90. The molecule has 0 aliphatic carbocycles. The van der Waals surface area contributed by atoms with Crippen LogP contribution >= 0.6 is 0 Å². The van der Waals surface area contributed by atoms with Gasteiger partial charge in [-0.15, -0.1) is 0 Å². The average Bonchev–Trinajstić information content (AvgIpc) is 3.22. The van der Waals surface area contributed by atoms with Gasteiger partial charge in [0.25, 0.3) is 0 Å². The van der Waals surface area contributed by atoms with Crippen LogP contribution in [-0.4, -0.2) is 52.4 Å². The van der Waals surface area contributed by atoms with E-state index < -0.39 is 11.7 Å². The number of hydrogen-bond acceptors (Lipinski definition) is 4. The first-order chi connectivity index (χ1) is 16.5. The maximum Gasteiger partial charge on any atom is 0.119 e. The number of benzene rings is 3. The van der Waals surface area contributed by atoms with E-state index in [1.54, 1.807) is 0 Å². The van der Waals surface area contributed by atoms with Gasteiger partial charge >= 0.3 is 0 Å². The van der Waals surface area contributed by atoms with Gasteiger partial charge < -0.3 is 24.8 Å². The normalized spacial score (nSPS) is 17.0. The lowest BCUT2D eigenvalue weighted by atomic mass is 9.84. The number of ether oxygens (including phenoxy) is 1. The minimum Gasteiger partial charge on any atom is -0.491 e. The Morgan fingerprint density at radius 1 is 0.941 bits per heavy atom. The molecule has 1 atom stereocenters.